The van der Waals surface area contributed by atoms with Crippen LogP contribution in [0.15, 0.2) is 53.0 Å². The number of rotatable bonds is 4. The number of morpholine rings is 1. The molecule has 31 heavy (non-hydrogen) atoms. The zero-order valence-corrected chi connectivity index (χ0v) is 20.4. The van der Waals surface area contributed by atoms with Crippen LogP contribution in [-0.2, 0) is 14.9 Å². The van der Waals surface area contributed by atoms with Crippen LogP contribution < -0.4 is 4.74 Å². The van der Waals surface area contributed by atoms with Gasteiger partial charge in [0, 0.05) is 17.1 Å². The van der Waals surface area contributed by atoms with Crippen molar-refractivity contribution in [2.45, 2.75) is 64.1 Å². The van der Waals surface area contributed by atoms with Crippen molar-refractivity contribution >= 4 is 21.9 Å². The number of hydrogen-bond donors (Lipinski definition) is 0. The highest BCUT2D eigenvalue weighted by molar-refractivity contribution is 9.10. The number of carbonyl (C=O) groups is 1. The van der Waals surface area contributed by atoms with E-state index >= 15 is 0 Å². The second kappa shape index (κ2) is 8.95. The monoisotopic (exact) mass is 485 g/mol. The molecule has 5 heteroatoms. The second-order valence-electron chi connectivity index (χ2n) is 9.91. The Bertz CT molecular complexity index is 904. The van der Waals surface area contributed by atoms with Gasteiger partial charge in [0.2, 0.25) is 0 Å². The minimum absolute atomic E-state index is 0.111. The summed E-state index contributed by atoms with van der Waals surface area (Å²) >= 11 is 3.53. The van der Waals surface area contributed by atoms with E-state index in [1.54, 1.807) is 0 Å². The summed E-state index contributed by atoms with van der Waals surface area (Å²) in [6.07, 6.45) is 1.61. The molecule has 0 aromatic heterocycles. The Labute approximate surface area is 194 Å². The standard InChI is InChI=1S/C26H32BrNO3/c1-17-5-14-23-25(29)31-22(15-28(23)24(17)18-6-10-20(27)11-7-18)16-30-21-12-8-19(9-13-21)26(2,3)4/h6-13,17,22-24H,5,14-16H2,1-4H3/t17-,22-,23+,24-/m1/s1. The van der Waals surface area contributed by atoms with E-state index in [0.717, 1.165) is 23.1 Å². The van der Waals surface area contributed by atoms with E-state index in [1.165, 1.54) is 11.1 Å². The fourth-order valence-corrected chi connectivity index (χ4v) is 5.05. The van der Waals surface area contributed by atoms with Crippen molar-refractivity contribution in [3.63, 3.8) is 0 Å². The highest BCUT2D eigenvalue weighted by atomic mass is 79.9. The van der Waals surface area contributed by atoms with Gasteiger partial charge in [-0.1, -0.05) is 67.9 Å². The topological polar surface area (TPSA) is 38.8 Å². The van der Waals surface area contributed by atoms with Crippen LogP contribution in [0.5, 0.6) is 5.75 Å². The molecule has 4 nitrogen and oxygen atoms in total. The number of esters is 1. The number of carbonyl (C=O) groups excluding carboxylic acids is 1. The van der Waals surface area contributed by atoms with Crippen LogP contribution in [0.1, 0.15) is 57.7 Å². The maximum atomic E-state index is 12.8. The number of piperidine rings is 1. The van der Waals surface area contributed by atoms with Crippen LogP contribution in [0, 0.1) is 5.92 Å². The number of ether oxygens (including phenoxy) is 2. The average molecular weight is 486 g/mol. The lowest BCUT2D eigenvalue weighted by Gasteiger charge is -2.48. The predicted molar refractivity (Wildman–Crippen MR) is 126 cm³/mol. The number of benzene rings is 2. The number of hydrogen-bond acceptors (Lipinski definition) is 4. The summed E-state index contributed by atoms with van der Waals surface area (Å²) in [6.45, 7) is 9.94. The van der Waals surface area contributed by atoms with Crippen LogP contribution in [-0.4, -0.2) is 36.2 Å². The third kappa shape index (κ3) is 4.98. The Balaban J connectivity index is 1.46. The molecule has 0 amide bonds. The summed E-state index contributed by atoms with van der Waals surface area (Å²) in [4.78, 5) is 15.2. The van der Waals surface area contributed by atoms with E-state index in [-0.39, 0.29) is 29.6 Å². The van der Waals surface area contributed by atoms with Gasteiger partial charge >= 0.3 is 5.97 Å². The van der Waals surface area contributed by atoms with Gasteiger partial charge in [-0.3, -0.25) is 9.69 Å². The summed E-state index contributed by atoms with van der Waals surface area (Å²) in [5.41, 5.74) is 2.64. The van der Waals surface area contributed by atoms with E-state index in [1.807, 2.05) is 12.1 Å². The molecule has 0 radical (unpaired) electrons. The number of nitrogens with zero attached hydrogens (tertiary/aromatic N) is 1. The van der Waals surface area contributed by atoms with Gasteiger partial charge in [-0.15, -0.1) is 0 Å². The van der Waals surface area contributed by atoms with Crippen LogP contribution in [0.3, 0.4) is 0 Å². The molecule has 0 spiro atoms. The minimum Gasteiger partial charge on any atom is -0.490 e. The van der Waals surface area contributed by atoms with Crippen molar-refractivity contribution in [3.8, 4) is 5.75 Å². The molecule has 2 aliphatic rings. The number of cyclic esters (lactones) is 1. The lowest BCUT2D eigenvalue weighted by molar-refractivity contribution is -0.176. The molecule has 0 aliphatic carbocycles. The highest BCUT2D eigenvalue weighted by Crippen LogP contribution is 2.41. The first-order chi connectivity index (χ1) is 14.7. The quantitative estimate of drug-likeness (QED) is 0.505. The van der Waals surface area contributed by atoms with Crippen molar-refractivity contribution in [1.29, 1.82) is 0 Å². The largest absolute Gasteiger partial charge is 0.490 e. The molecule has 0 saturated carbocycles. The lowest BCUT2D eigenvalue weighted by atomic mass is 9.82. The van der Waals surface area contributed by atoms with Crippen molar-refractivity contribution < 1.29 is 14.3 Å². The van der Waals surface area contributed by atoms with Crippen molar-refractivity contribution in [1.82, 2.24) is 4.90 Å². The molecule has 166 valence electrons. The molecular formula is C26H32BrNO3. The molecule has 2 heterocycles. The van der Waals surface area contributed by atoms with E-state index in [4.69, 9.17) is 9.47 Å². The second-order valence-corrected chi connectivity index (χ2v) is 10.8. The highest BCUT2D eigenvalue weighted by Gasteiger charge is 2.45. The van der Waals surface area contributed by atoms with Gasteiger partial charge in [0.05, 0.1) is 0 Å². The van der Waals surface area contributed by atoms with Gasteiger partial charge in [0.15, 0.2) is 0 Å². The Morgan fingerprint density at radius 3 is 2.39 bits per heavy atom. The fraction of sp³-hybridized carbons (Fsp3) is 0.500. The van der Waals surface area contributed by atoms with Crippen LogP contribution in [0.25, 0.3) is 0 Å². The summed E-state index contributed by atoms with van der Waals surface area (Å²) in [5, 5.41) is 0. The zero-order valence-electron chi connectivity index (χ0n) is 18.8. The third-order valence-electron chi connectivity index (χ3n) is 6.53. The molecule has 2 aromatic rings. The van der Waals surface area contributed by atoms with Crippen molar-refractivity contribution in [2.24, 2.45) is 5.92 Å². The van der Waals surface area contributed by atoms with Crippen molar-refractivity contribution in [3.05, 3.63) is 64.1 Å². The molecule has 0 bridgehead atoms. The minimum atomic E-state index is -0.269. The van der Waals surface area contributed by atoms with E-state index in [0.29, 0.717) is 19.1 Å². The van der Waals surface area contributed by atoms with Crippen molar-refractivity contribution in [2.75, 3.05) is 13.2 Å². The fourth-order valence-electron chi connectivity index (χ4n) is 4.78. The Morgan fingerprint density at radius 2 is 1.74 bits per heavy atom. The summed E-state index contributed by atoms with van der Waals surface area (Å²) < 4.78 is 12.9. The first kappa shape index (κ1) is 22.3. The third-order valence-corrected chi connectivity index (χ3v) is 7.06. The lowest BCUT2D eigenvalue weighted by Crippen LogP contribution is -2.58. The van der Waals surface area contributed by atoms with Gasteiger partial charge in [-0.05, 0) is 59.6 Å². The maximum absolute atomic E-state index is 12.8. The molecule has 4 atom stereocenters. The average Bonchev–Trinajstić information content (AvgIpc) is 2.73. The summed E-state index contributed by atoms with van der Waals surface area (Å²) in [6, 6.07) is 16.8. The van der Waals surface area contributed by atoms with E-state index in [9.17, 15) is 4.79 Å². The molecule has 2 fully saturated rings. The van der Waals surface area contributed by atoms with Crippen LogP contribution in [0.2, 0.25) is 0 Å². The van der Waals surface area contributed by atoms with Gasteiger partial charge in [-0.2, -0.15) is 0 Å². The molecule has 2 aliphatic heterocycles. The first-order valence-corrected chi connectivity index (χ1v) is 12.0. The smallest absolute Gasteiger partial charge is 0.323 e. The Kier molecular flexibility index (Phi) is 6.45. The molecule has 0 unspecified atom stereocenters. The van der Waals surface area contributed by atoms with Gasteiger partial charge < -0.3 is 9.47 Å². The van der Waals surface area contributed by atoms with E-state index in [2.05, 4.69) is 84.9 Å². The number of halogens is 1. The van der Waals surface area contributed by atoms with Crippen LogP contribution in [0.4, 0.5) is 0 Å². The molecule has 2 saturated heterocycles. The zero-order chi connectivity index (χ0) is 22.2. The molecule has 2 aromatic carbocycles. The maximum Gasteiger partial charge on any atom is 0.323 e. The molecule has 4 rings (SSSR count). The normalized spacial score (nSPS) is 26.8. The van der Waals surface area contributed by atoms with Gasteiger partial charge in [0.1, 0.15) is 24.5 Å². The first-order valence-electron chi connectivity index (χ1n) is 11.2. The summed E-state index contributed by atoms with van der Waals surface area (Å²) in [7, 11) is 0. The van der Waals surface area contributed by atoms with Crippen LogP contribution >= 0.6 is 15.9 Å². The number of fused-ring (bicyclic) bond motifs is 1. The SMILES string of the molecule is C[C@@H]1CC[C@H]2C(=O)O[C@@H](COc3ccc(C(C)(C)C)cc3)CN2[C@H]1c1ccc(Br)cc1. The molecule has 0 N–H and O–H groups in total. The Hall–Kier alpha value is -1.85. The predicted octanol–water partition coefficient (Wildman–Crippen LogP) is 5.89. The van der Waals surface area contributed by atoms with E-state index < -0.39 is 0 Å². The van der Waals surface area contributed by atoms with Gasteiger partial charge in [0.25, 0.3) is 0 Å². The summed E-state index contributed by atoms with van der Waals surface area (Å²) in [5.74, 6) is 1.18. The van der Waals surface area contributed by atoms with Gasteiger partial charge in [-0.25, -0.2) is 0 Å². The molecular weight excluding hydrogens is 454 g/mol. The Morgan fingerprint density at radius 1 is 1.06 bits per heavy atom.